The number of nitrogens with one attached hydrogen (secondary N) is 1. The standard InChI is InChI=1S/C16H12BrN3O5/c17-12-7-15-14(24-9-25-15)5-11(12)8-18-19-16(21)6-10-3-1-2-4-13(10)20(22)23/h1-5,7-8H,6,9H2,(H,19,21). The second-order valence-corrected chi connectivity index (χ2v) is 5.94. The number of nitrogens with zero attached hydrogens (tertiary/aromatic N) is 2. The molecule has 2 aromatic rings. The van der Waals surface area contributed by atoms with Crippen molar-refractivity contribution < 1.29 is 19.2 Å². The topological polar surface area (TPSA) is 103 Å². The van der Waals surface area contributed by atoms with Crippen molar-refractivity contribution in [3.05, 3.63) is 62.1 Å². The minimum absolute atomic E-state index is 0.0971. The van der Waals surface area contributed by atoms with Gasteiger partial charge in [-0.1, -0.05) is 18.2 Å². The normalized spacial score (nSPS) is 12.4. The van der Waals surface area contributed by atoms with Gasteiger partial charge < -0.3 is 9.47 Å². The Bertz CT molecular complexity index is 869. The van der Waals surface area contributed by atoms with Crippen LogP contribution in [0, 0.1) is 10.1 Å². The molecule has 0 spiro atoms. The first-order chi connectivity index (χ1) is 12.0. The molecule has 0 aliphatic carbocycles. The molecule has 128 valence electrons. The molecule has 0 atom stereocenters. The first-order valence-corrected chi connectivity index (χ1v) is 7.97. The zero-order valence-electron chi connectivity index (χ0n) is 12.8. The van der Waals surface area contributed by atoms with Crippen LogP contribution in [0.3, 0.4) is 0 Å². The highest BCUT2D eigenvalue weighted by atomic mass is 79.9. The van der Waals surface area contributed by atoms with Gasteiger partial charge in [-0.05, 0) is 28.1 Å². The van der Waals surface area contributed by atoms with E-state index in [0.717, 1.165) is 4.47 Å². The number of amides is 1. The Labute approximate surface area is 150 Å². The molecule has 0 saturated carbocycles. The van der Waals surface area contributed by atoms with Crippen LogP contribution in [0.5, 0.6) is 11.5 Å². The summed E-state index contributed by atoms with van der Waals surface area (Å²) in [6, 6.07) is 9.56. The molecule has 0 fully saturated rings. The zero-order valence-corrected chi connectivity index (χ0v) is 14.4. The van der Waals surface area contributed by atoms with Crippen molar-refractivity contribution >= 4 is 33.7 Å². The van der Waals surface area contributed by atoms with E-state index in [1.54, 1.807) is 24.3 Å². The summed E-state index contributed by atoms with van der Waals surface area (Å²) in [7, 11) is 0. The van der Waals surface area contributed by atoms with Crippen LogP contribution in [-0.2, 0) is 11.2 Å². The number of halogens is 1. The Balaban J connectivity index is 1.65. The highest BCUT2D eigenvalue weighted by molar-refractivity contribution is 9.10. The fourth-order valence-corrected chi connectivity index (χ4v) is 2.68. The molecular weight excluding hydrogens is 394 g/mol. The lowest BCUT2D eigenvalue weighted by Gasteiger charge is -2.03. The SMILES string of the molecule is O=C(Cc1ccccc1[N+](=O)[O-])NN=Cc1cc2c(cc1Br)OCO2. The predicted molar refractivity (Wildman–Crippen MR) is 92.8 cm³/mol. The summed E-state index contributed by atoms with van der Waals surface area (Å²) in [5.74, 6) is 0.766. The number of nitro benzene ring substituents is 1. The van der Waals surface area contributed by atoms with Crippen molar-refractivity contribution in [2.24, 2.45) is 5.10 Å². The number of rotatable bonds is 5. The molecule has 1 aliphatic rings. The van der Waals surface area contributed by atoms with Crippen LogP contribution in [0.1, 0.15) is 11.1 Å². The van der Waals surface area contributed by atoms with Gasteiger partial charge in [0.2, 0.25) is 12.7 Å². The number of ether oxygens (including phenoxy) is 2. The number of carbonyl (C=O) groups excluding carboxylic acids is 1. The van der Waals surface area contributed by atoms with E-state index in [1.807, 2.05) is 0 Å². The van der Waals surface area contributed by atoms with Gasteiger partial charge in [-0.25, -0.2) is 5.43 Å². The largest absolute Gasteiger partial charge is 0.454 e. The van der Waals surface area contributed by atoms with E-state index in [0.29, 0.717) is 22.6 Å². The van der Waals surface area contributed by atoms with Crippen molar-refractivity contribution in [3.63, 3.8) is 0 Å². The summed E-state index contributed by atoms with van der Waals surface area (Å²) in [4.78, 5) is 22.4. The van der Waals surface area contributed by atoms with Crippen LogP contribution < -0.4 is 14.9 Å². The fraction of sp³-hybridized carbons (Fsp3) is 0.125. The molecule has 0 bridgehead atoms. The minimum Gasteiger partial charge on any atom is -0.454 e. The van der Waals surface area contributed by atoms with E-state index in [1.165, 1.54) is 18.3 Å². The molecule has 0 unspecified atom stereocenters. The maximum atomic E-state index is 11.9. The van der Waals surface area contributed by atoms with Crippen LogP contribution in [0.4, 0.5) is 5.69 Å². The molecule has 0 radical (unpaired) electrons. The maximum absolute atomic E-state index is 11.9. The van der Waals surface area contributed by atoms with E-state index >= 15 is 0 Å². The highest BCUT2D eigenvalue weighted by Gasteiger charge is 2.16. The van der Waals surface area contributed by atoms with Gasteiger partial charge in [-0.2, -0.15) is 5.10 Å². The summed E-state index contributed by atoms with van der Waals surface area (Å²) in [5.41, 5.74) is 3.27. The van der Waals surface area contributed by atoms with E-state index in [-0.39, 0.29) is 18.9 Å². The van der Waals surface area contributed by atoms with Crippen LogP contribution >= 0.6 is 15.9 Å². The number of hydrogen-bond donors (Lipinski definition) is 1. The monoisotopic (exact) mass is 405 g/mol. The average Bonchev–Trinajstić information content (AvgIpc) is 3.02. The number of hydrogen-bond acceptors (Lipinski definition) is 6. The number of nitro groups is 1. The number of hydrazone groups is 1. The average molecular weight is 406 g/mol. The molecule has 25 heavy (non-hydrogen) atoms. The quantitative estimate of drug-likeness (QED) is 0.467. The third-order valence-electron chi connectivity index (χ3n) is 3.42. The Morgan fingerprint density at radius 3 is 2.80 bits per heavy atom. The molecule has 0 aromatic heterocycles. The summed E-state index contributed by atoms with van der Waals surface area (Å²) in [6.07, 6.45) is 1.31. The van der Waals surface area contributed by atoms with Gasteiger partial charge in [0.15, 0.2) is 11.5 Å². The summed E-state index contributed by atoms with van der Waals surface area (Å²) in [6.45, 7) is 0.162. The number of carbonyl (C=O) groups is 1. The van der Waals surface area contributed by atoms with Crippen LogP contribution in [0.15, 0.2) is 46.0 Å². The van der Waals surface area contributed by atoms with Gasteiger partial charge in [0, 0.05) is 21.7 Å². The molecule has 9 heteroatoms. The van der Waals surface area contributed by atoms with Gasteiger partial charge in [-0.3, -0.25) is 14.9 Å². The van der Waals surface area contributed by atoms with Crippen LogP contribution in [-0.4, -0.2) is 23.8 Å². The van der Waals surface area contributed by atoms with Crippen molar-refractivity contribution in [2.45, 2.75) is 6.42 Å². The minimum atomic E-state index is -0.518. The molecular formula is C16H12BrN3O5. The molecule has 1 amide bonds. The summed E-state index contributed by atoms with van der Waals surface area (Å²) < 4.78 is 11.3. The molecule has 1 heterocycles. The molecule has 1 N–H and O–H groups in total. The summed E-state index contributed by atoms with van der Waals surface area (Å²) in [5, 5.41) is 14.8. The summed E-state index contributed by atoms with van der Waals surface area (Å²) >= 11 is 3.38. The second kappa shape index (κ2) is 7.31. The van der Waals surface area contributed by atoms with E-state index in [9.17, 15) is 14.9 Å². The van der Waals surface area contributed by atoms with Crippen molar-refractivity contribution in [1.82, 2.24) is 5.43 Å². The van der Waals surface area contributed by atoms with E-state index in [4.69, 9.17) is 9.47 Å². The first-order valence-electron chi connectivity index (χ1n) is 7.18. The van der Waals surface area contributed by atoms with Crippen molar-refractivity contribution in [1.29, 1.82) is 0 Å². The number of benzene rings is 2. The molecule has 1 aliphatic heterocycles. The number of para-hydroxylation sites is 1. The lowest BCUT2D eigenvalue weighted by molar-refractivity contribution is -0.385. The smallest absolute Gasteiger partial charge is 0.273 e. The van der Waals surface area contributed by atoms with E-state index < -0.39 is 10.8 Å². The molecule has 2 aromatic carbocycles. The van der Waals surface area contributed by atoms with Gasteiger partial charge in [0.1, 0.15) is 0 Å². The fourth-order valence-electron chi connectivity index (χ4n) is 2.26. The van der Waals surface area contributed by atoms with Crippen LogP contribution in [0.25, 0.3) is 0 Å². The predicted octanol–water partition coefficient (Wildman–Crippen LogP) is 2.78. The second-order valence-electron chi connectivity index (χ2n) is 5.08. The van der Waals surface area contributed by atoms with Crippen molar-refractivity contribution in [2.75, 3.05) is 6.79 Å². The Morgan fingerprint density at radius 1 is 1.32 bits per heavy atom. The maximum Gasteiger partial charge on any atom is 0.273 e. The van der Waals surface area contributed by atoms with E-state index in [2.05, 4.69) is 26.5 Å². The lowest BCUT2D eigenvalue weighted by Crippen LogP contribution is -2.20. The number of fused-ring (bicyclic) bond motifs is 1. The molecule has 0 saturated heterocycles. The molecule has 3 rings (SSSR count). The van der Waals surface area contributed by atoms with Gasteiger partial charge >= 0.3 is 0 Å². The first kappa shape index (κ1) is 16.9. The zero-order chi connectivity index (χ0) is 17.8. The third kappa shape index (κ3) is 3.94. The Morgan fingerprint density at radius 2 is 2.04 bits per heavy atom. The van der Waals surface area contributed by atoms with Crippen molar-refractivity contribution in [3.8, 4) is 11.5 Å². The van der Waals surface area contributed by atoms with Gasteiger partial charge in [0.25, 0.3) is 5.69 Å². The lowest BCUT2D eigenvalue weighted by atomic mass is 10.1. The molecule has 8 nitrogen and oxygen atoms in total. The third-order valence-corrected chi connectivity index (χ3v) is 4.11. The highest BCUT2D eigenvalue weighted by Crippen LogP contribution is 2.36. The van der Waals surface area contributed by atoms with Gasteiger partial charge in [-0.15, -0.1) is 0 Å². The Kier molecular flexibility index (Phi) is 4.94. The van der Waals surface area contributed by atoms with Gasteiger partial charge in [0.05, 0.1) is 17.6 Å². The van der Waals surface area contributed by atoms with Crippen LogP contribution in [0.2, 0.25) is 0 Å². The Hall–Kier alpha value is -2.94.